The summed E-state index contributed by atoms with van der Waals surface area (Å²) < 4.78 is 0. The highest BCUT2D eigenvalue weighted by atomic mass is 16.3. The van der Waals surface area contributed by atoms with Crippen LogP contribution in [0.15, 0.2) is 18.2 Å². The van der Waals surface area contributed by atoms with Gasteiger partial charge in [-0.15, -0.1) is 0 Å². The molecule has 1 N–H and O–H groups in total. The van der Waals surface area contributed by atoms with E-state index in [1.807, 2.05) is 19.1 Å². The van der Waals surface area contributed by atoms with Crippen LogP contribution in [0.5, 0.6) is 5.75 Å². The molecule has 0 fully saturated rings. The van der Waals surface area contributed by atoms with Gasteiger partial charge in [-0.05, 0) is 34.9 Å². The number of phenolic OH excluding ortho intramolecular Hbond substituents is 1. The summed E-state index contributed by atoms with van der Waals surface area (Å²) in [6.07, 6.45) is 1.43. The first-order valence-electron chi connectivity index (χ1n) is 6.93. The van der Waals surface area contributed by atoms with Gasteiger partial charge in [0.1, 0.15) is 5.75 Å². The van der Waals surface area contributed by atoms with Gasteiger partial charge in [0.15, 0.2) is 5.78 Å². The lowest BCUT2D eigenvalue weighted by atomic mass is 9.72. The third-order valence-electron chi connectivity index (χ3n) is 3.37. The van der Waals surface area contributed by atoms with E-state index in [-0.39, 0.29) is 22.4 Å². The Kier molecular flexibility index (Phi) is 4.44. The number of aromatic hydroxyl groups is 1. The van der Waals surface area contributed by atoms with Crippen molar-refractivity contribution >= 4 is 5.78 Å². The van der Waals surface area contributed by atoms with E-state index in [1.165, 1.54) is 0 Å². The van der Waals surface area contributed by atoms with E-state index in [2.05, 4.69) is 34.6 Å². The van der Waals surface area contributed by atoms with Crippen LogP contribution in [0.3, 0.4) is 0 Å². The second-order valence-corrected chi connectivity index (χ2v) is 7.13. The molecule has 1 aromatic rings. The highest BCUT2D eigenvalue weighted by Crippen LogP contribution is 2.37. The fraction of sp³-hybridized carbons (Fsp3) is 0.588. The molecule has 0 aliphatic rings. The van der Waals surface area contributed by atoms with Gasteiger partial charge in [-0.2, -0.15) is 0 Å². The van der Waals surface area contributed by atoms with Crippen molar-refractivity contribution in [3.8, 4) is 5.75 Å². The maximum absolute atomic E-state index is 11.8. The Balaban J connectivity index is 3.18. The standard InChI is InChI=1S/C17H26O2/c1-7-14(18)13-10-12(8-9-15(13)19)17(5,6)11-16(2,3)4/h8-10,19H,7,11H2,1-6H3. The first-order chi connectivity index (χ1) is 8.57. The number of ketones is 1. The van der Waals surface area contributed by atoms with Crippen molar-refractivity contribution in [3.63, 3.8) is 0 Å². The minimum atomic E-state index is -0.0191. The molecule has 0 spiro atoms. The van der Waals surface area contributed by atoms with Crippen molar-refractivity contribution in [1.29, 1.82) is 0 Å². The van der Waals surface area contributed by atoms with Crippen molar-refractivity contribution < 1.29 is 9.90 Å². The van der Waals surface area contributed by atoms with E-state index in [1.54, 1.807) is 6.07 Å². The van der Waals surface area contributed by atoms with Gasteiger partial charge < -0.3 is 5.11 Å². The number of benzene rings is 1. The quantitative estimate of drug-likeness (QED) is 0.799. The highest BCUT2D eigenvalue weighted by molar-refractivity contribution is 5.98. The molecule has 0 aromatic heterocycles. The predicted octanol–water partition coefficient (Wildman–Crippen LogP) is 4.70. The highest BCUT2D eigenvalue weighted by Gasteiger charge is 2.28. The van der Waals surface area contributed by atoms with Gasteiger partial charge in [-0.1, -0.05) is 47.6 Å². The van der Waals surface area contributed by atoms with E-state index in [0.29, 0.717) is 12.0 Å². The van der Waals surface area contributed by atoms with E-state index in [0.717, 1.165) is 12.0 Å². The van der Waals surface area contributed by atoms with Crippen LogP contribution in [0.1, 0.15) is 70.3 Å². The topological polar surface area (TPSA) is 37.3 Å². The molecular weight excluding hydrogens is 236 g/mol. The zero-order valence-corrected chi connectivity index (χ0v) is 13.0. The van der Waals surface area contributed by atoms with Crippen LogP contribution in [0, 0.1) is 5.41 Å². The first-order valence-corrected chi connectivity index (χ1v) is 6.93. The molecule has 0 heterocycles. The number of rotatable bonds is 4. The van der Waals surface area contributed by atoms with Crippen molar-refractivity contribution in [2.45, 2.75) is 59.8 Å². The van der Waals surface area contributed by atoms with Crippen LogP contribution in [-0.2, 0) is 5.41 Å². The van der Waals surface area contributed by atoms with Crippen molar-refractivity contribution in [2.75, 3.05) is 0 Å². The van der Waals surface area contributed by atoms with Gasteiger partial charge in [0.25, 0.3) is 0 Å². The van der Waals surface area contributed by atoms with Crippen LogP contribution in [0.2, 0.25) is 0 Å². The Bertz CT molecular complexity index is 465. The molecule has 0 radical (unpaired) electrons. The van der Waals surface area contributed by atoms with Crippen molar-refractivity contribution in [3.05, 3.63) is 29.3 Å². The fourth-order valence-corrected chi connectivity index (χ4v) is 2.80. The molecule has 0 amide bonds. The summed E-state index contributed by atoms with van der Waals surface area (Å²) in [4.78, 5) is 11.8. The molecule has 0 unspecified atom stereocenters. The molecule has 1 rings (SSSR count). The number of hydrogen-bond acceptors (Lipinski definition) is 2. The molecule has 0 aliphatic heterocycles. The average molecular weight is 262 g/mol. The lowest BCUT2D eigenvalue weighted by Crippen LogP contribution is -2.25. The van der Waals surface area contributed by atoms with Gasteiger partial charge >= 0.3 is 0 Å². The smallest absolute Gasteiger partial charge is 0.166 e. The summed E-state index contributed by atoms with van der Waals surface area (Å²) in [7, 11) is 0. The minimum Gasteiger partial charge on any atom is -0.507 e. The van der Waals surface area contributed by atoms with Crippen LogP contribution in [-0.4, -0.2) is 10.9 Å². The summed E-state index contributed by atoms with van der Waals surface area (Å²) in [5.41, 5.74) is 1.75. The zero-order valence-electron chi connectivity index (χ0n) is 13.0. The number of carbonyl (C=O) groups excluding carboxylic acids is 1. The Morgan fingerprint density at radius 3 is 2.21 bits per heavy atom. The van der Waals surface area contributed by atoms with Gasteiger partial charge in [0.2, 0.25) is 0 Å². The molecule has 0 bridgehead atoms. The minimum absolute atomic E-state index is 0.00842. The maximum atomic E-state index is 11.8. The summed E-state index contributed by atoms with van der Waals surface area (Å²) in [5, 5.41) is 9.81. The van der Waals surface area contributed by atoms with Crippen molar-refractivity contribution in [2.24, 2.45) is 5.41 Å². The monoisotopic (exact) mass is 262 g/mol. The van der Waals surface area contributed by atoms with Crippen molar-refractivity contribution in [1.82, 2.24) is 0 Å². The molecule has 2 nitrogen and oxygen atoms in total. The van der Waals surface area contributed by atoms with E-state index >= 15 is 0 Å². The van der Waals surface area contributed by atoms with Gasteiger partial charge in [0, 0.05) is 6.42 Å². The summed E-state index contributed by atoms with van der Waals surface area (Å²) in [6.45, 7) is 12.8. The summed E-state index contributed by atoms with van der Waals surface area (Å²) >= 11 is 0. The molecule has 0 saturated heterocycles. The van der Waals surface area contributed by atoms with Crippen LogP contribution in [0.25, 0.3) is 0 Å². The van der Waals surface area contributed by atoms with Gasteiger partial charge in [0.05, 0.1) is 5.56 Å². The Morgan fingerprint density at radius 2 is 1.74 bits per heavy atom. The number of Topliss-reactive ketones (excluding diaryl/α,β-unsaturated/α-hetero) is 1. The number of carbonyl (C=O) groups is 1. The van der Waals surface area contributed by atoms with E-state index < -0.39 is 0 Å². The third kappa shape index (κ3) is 4.09. The van der Waals surface area contributed by atoms with Gasteiger partial charge in [-0.25, -0.2) is 0 Å². The van der Waals surface area contributed by atoms with Crippen LogP contribution < -0.4 is 0 Å². The molecule has 106 valence electrons. The Labute approximate surface area is 116 Å². The maximum Gasteiger partial charge on any atom is 0.166 e. The molecule has 1 aromatic carbocycles. The Hall–Kier alpha value is -1.31. The fourth-order valence-electron chi connectivity index (χ4n) is 2.80. The van der Waals surface area contributed by atoms with E-state index in [4.69, 9.17) is 0 Å². The lowest BCUT2D eigenvalue weighted by Gasteiger charge is -2.33. The Morgan fingerprint density at radius 1 is 1.16 bits per heavy atom. The second-order valence-electron chi connectivity index (χ2n) is 7.13. The zero-order chi connectivity index (χ0) is 14.8. The van der Waals surface area contributed by atoms with Gasteiger partial charge in [-0.3, -0.25) is 4.79 Å². The van der Waals surface area contributed by atoms with Crippen LogP contribution in [0.4, 0.5) is 0 Å². The van der Waals surface area contributed by atoms with E-state index in [9.17, 15) is 9.90 Å². The first kappa shape index (κ1) is 15.7. The SMILES string of the molecule is CCC(=O)c1cc(C(C)(C)CC(C)(C)C)ccc1O. The molecule has 0 atom stereocenters. The number of phenols is 1. The summed E-state index contributed by atoms with van der Waals surface area (Å²) in [6, 6.07) is 5.42. The number of hydrogen-bond donors (Lipinski definition) is 1. The molecule has 0 saturated carbocycles. The third-order valence-corrected chi connectivity index (χ3v) is 3.37. The summed E-state index contributed by atoms with van der Waals surface area (Å²) in [5.74, 6) is 0.0769. The molecule has 2 heteroatoms. The largest absolute Gasteiger partial charge is 0.507 e. The normalized spacial score (nSPS) is 12.5. The lowest BCUT2D eigenvalue weighted by molar-refractivity contribution is 0.0985. The average Bonchev–Trinajstić information content (AvgIpc) is 2.25. The molecular formula is C17H26O2. The predicted molar refractivity (Wildman–Crippen MR) is 79.8 cm³/mol. The second kappa shape index (κ2) is 5.36. The molecule has 0 aliphatic carbocycles. The molecule has 19 heavy (non-hydrogen) atoms. The van der Waals surface area contributed by atoms with Crippen LogP contribution >= 0.6 is 0 Å².